The van der Waals surface area contributed by atoms with Gasteiger partial charge in [-0.05, 0) is 19.3 Å². The number of carbonyl (C=O) groups is 1. The molecule has 1 amide bonds. The van der Waals surface area contributed by atoms with Crippen molar-refractivity contribution in [3.05, 3.63) is 0 Å². The Morgan fingerprint density at radius 3 is 2.42 bits per heavy atom. The molecule has 1 aliphatic carbocycles. The van der Waals surface area contributed by atoms with Crippen LogP contribution in [0.2, 0.25) is 0 Å². The molecule has 0 unspecified atom stereocenters. The predicted octanol–water partition coefficient (Wildman–Crippen LogP) is 0.640. The molecule has 0 heterocycles. The monoisotopic (exact) mass is 170 g/mol. The van der Waals surface area contributed by atoms with Crippen molar-refractivity contribution in [2.45, 2.75) is 38.6 Å². The lowest BCUT2D eigenvalue weighted by molar-refractivity contribution is -0.126. The molecule has 0 aliphatic heterocycles. The van der Waals surface area contributed by atoms with Crippen molar-refractivity contribution in [1.82, 2.24) is 5.32 Å². The van der Waals surface area contributed by atoms with Gasteiger partial charge in [0.1, 0.15) is 0 Å². The molecule has 1 aliphatic rings. The summed E-state index contributed by atoms with van der Waals surface area (Å²) in [6.45, 7) is 4.38. The van der Waals surface area contributed by atoms with E-state index < -0.39 is 0 Å². The van der Waals surface area contributed by atoms with Gasteiger partial charge >= 0.3 is 0 Å². The maximum absolute atomic E-state index is 11.3. The van der Waals surface area contributed by atoms with E-state index in [2.05, 4.69) is 5.32 Å². The Hall–Kier alpha value is -0.570. The van der Waals surface area contributed by atoms with Gasteiger partial charge in [-0.25, -0.2) is 0 Å². The summed E-state index contributed by atoms with van der Waals surface area (Å²) in [5.41, 5.74) is 5.55. The Labute approximate surface area is 73.7 Å². The molecule has 0 saturated heterocycles. The minimum Gasteiger partial charge on any atom is -0.349 e. The van der Waals surface area contributed by atoms with E-state index in [0.717, 1.165) is 12.8 Å². The van der Waals surface area contributed by atoms with E-state index in [0.29, 0.717) is 6.54 Å². The zero-order chi connectivity index (χ0) is 9.19. The minimum atomic E-state index is -0.0542. The van der Waals surface area contributed by atoms with Gasteiger partial charge in [0, 0.05) is 12.5 Å². The van der Waals surface area contributed by atoms with E-state index in [-0.39, 0.29) is 17.4 Å². The zero-order valence-corrected chi connectivity index (χ0v) is 7.89. The molecule has 0 radical (unpaired) electrons. The van der Waals surface area contributed by atoms with E-state index in [1.807, 2.05) is 13.8 Å². The van der Waals surface area contributed by atoms with Crippen LogP contribution in [0.3, 0.4) is 0 Å². The summed E-state index contributed by atoms with van der Waals surface area (Å²) in [6.07, 6.45) is 3.28. The minimum absolute atomic E-state index is 0.0542. The lowest BCUT2D eigenvalue weighted by Crippen LogP contribution is -2.59. The van der Waals surface area contributed by atoms with E-state index in [1.165, 1.54) is 6.42 Å². The van der Waals surface area contributed by atoms with Gasteiger partial charge in [-0.3, -0.25) is 4.79 Å². The van der Waals surface area contributed by atoms with Crippen LogP contribution in [0, 0.1) is 5.92 Å². The predicted molar refractivity (Wildman–Crippen MR) is 48.6 cm³/mol. The second-order valence-corrected chi connectivity index (χ2v) is 3.98. The highest BCUT2D eigenvalue weighted by atomic mass is 16.2. The summed E-state index contributed by atoms with van der Waals surface area (Å²) in [6, 6.07) is 0. The summed E-state index contributed by atoms with van der Waals surface area (Å²) >= 11 is 0. The number of nitrogens with two attached hydrogens (primary N) is 1. The third-order valence-electron chi connectivity index (χ3n) is 2.61. The summed E-state index contributed by atoms with van der Waals surface area (Å²) in [4.78, 5) is 11.3. The number of nitrogens with one attached hydrogen (secondary N) is 1. The van der Waals surface area contributed by atoms with Gasteiger partial charge in [-0.1, -0.05) is 13.8 Å². The number of hydrogen-bond donors (Lipinski definition) is 2. The third kappa shape index (κ3) is 1.78. The number of rotatable bonds is 3. The molecule has 0 aromatic heterocycles. The average molecular weight is 170 g/mol. The SMILES string of the molecule is CC(C)C(=O)NC1(CN)CCC1. The fourth-order valence-corrected chi connectivity index (χ4v) is 1.39. The molecule has 0 bridgehead atoms. The highest BCUT2D eigenvalue weighted by Gasteiger charge is 2.37. The van der Waals surface area contributed by atoms with Crippen LogP contribution in [0.4, 0.5) is 0 Å². The van der Waals surface area contributed by atoms with Crippen LogP contribution in [0.25, 0.3) is 0 Å². The molecule has 70 valence electrons. The molecular formula is C9H18N2O. The molecule has 0 spiro atoms. The zero-order valence-electron chi connectivity index (χ0n) is 7.89. The van der Waals surface area contributed by atoms with Crippen molar-refractivity contribution in [2.75, 3.05) is 6.54 Å². The first-order valence-corrected chi connectivity index (χ1v) is 4.62. The first-order chi connectivity index (χ1) is 5.59. The van der Waals surface area contributed by atoms with Gasteiger partial charge in [-0.2, -0.15) is 0 Å². The largest absolute Gasteiger partial charge is 0.349 e. The molecule has 0 aromatic carbocycles. The number of amides is 1. The summed E-state index contributed by atoms with van der Waals surface area (Å²) in [5.74, 6) is 0.189. The molecule has 12 heavy (non-hydrogen) atoms. The van der Waals surface area contributed by atoms with Gasteiger partial charge in [0.05, 0.1) is 5.54 Å². The summed E-state index contributed by atoms with van der Waals surface area (Å²) in [5, 5.41) is 3.02. The van der Waals surface area contributed by atoms with Crippen LogP contribution in [0.5, 0.6) is 0 Å². The number of hydrogen-bond acceptors (Lipinski definition) is 2. The highest BCUT2D eigenvalue weighted by Crippen LogP contribution is 2.30. The van der Waals surface area contributed by atoms with Crippen molar-refractivity contribution in [1.29, 1.82) is 0 Å². The first-order valence-electron chi connectivity index (χ1n) is 4.62. The van der Waals surface area contributed by atoms with Crippen molar-refractivity contribution in [3.8, 4) is 0 Å². The fourth-order valence-electron chi connectivity index (χ4n) is 1.39. The molecule has 3 nitrogen and oxygen atoms in total. The fraction of sp³-hybridized carbons (Fsp3) is 0.889. The maximum atomic E-state index is 11.3. The lowest BCUT2D eigenvalue weighted by Gasteiger charge is -2.42. The average Bonchev–Trinajstić information content (AvgIpc) is 1.96. The van der Waals surface area contributed by atoms with Crippen LogP contribution >= 0.6 is 0 Å². The van der Waals surface area contributed by atoms with Crippen molar-refractivity contribution in [2.24, 2.45) is 11.7 Å². The maximum Gasteiger partial charge on any atom is 0.223 e. The van der Waals surface area contributed by atoms with Crippen molar-refractivity contribution in [3.63, 3.8) is 0 Å². The first kappa shape index (κ1) is 9.52. The lowest BCUT2D eigenvalue weighted by atomic mass is 9.76. The van der Waals surface area contributed by atoms with Crippen LogP contribution in [0.1, 0.15) is 33.1 Å². The van der Waals surface area contributed by atoms with E-state index in [1.54, 1.807) is 0 Å². The molecule has 3 heteroatoms. The standard InChI is InChI=1S/C9H18N2O/c1-7(2)8(12)11-9(6-10)4-3-5-9/h7H,3-6,10H2,1-2H3,(H,11,12). The quantitative estimate of drug-likeness (QED) is 0.653. The molecule has 0 aromatic rings. The summed E-state index contributed by atoms with van der Waals surface area (Å²) < 4.78 is 0. The van der Waals surface area contributed by atoms with Crippen molar-refractivity contribution >= 4 is 5.91 Å². The van der Waals surface area contributed by atoms with Crippen LogP contribution in [-0.2, 0) is 4.79 Å². The van der Waals surface area contributed by atoms with Gasteiger partial charge in [-0.15, -0.1) is 0 Å². The second kappa shape index (κ2) is 3.44. The Kier molecular flexibility index (Phi) is 2.73. The smallest absolute Gasteiger partial charge is 0.223 e. The van der Waals surface area contributed by atoms with Crippen LogP contribution < -0.4 is 11.1 Å². The molecule has 3 N–H and O–H groups in total. The Balaban J connectivity index is 2.43. The van der Waals surface area contributed by atoms with Crippen LogP contribution in [-0.4, -0.2) is 18.0 Å². The van der Waals surface area contributed by atoms with Gasteiger partial charge in [0.15, 0.2) is 0 Å². The topological polar surface area (TPSA) is 55.1 Å². The Morgan fingerprint density at radius 2 is 2.17 bits per heavy atom. The molecule has 1 fully saturated rings. The normalized spacial score (nSPS) is 20.3. The van der Waals surface area contributed by atoms with Gasteiger partial charge in [0.2, 0.25) is 5.91 Å². The molecule has 1 rings (SSSR count). The highest BCUT2D eigenvalue weighted by molar-refractivity contribution is 5.78. The molecular weight excluding hydrogens is 152 g/mol. The molecule has 0 atom stereocenters. The number of carbonyl (C=O) groups excluding carboxylic acids is 1. The van der Waals surface area contributed by atoms with Gasteiger partial charge < -0.3 is 11.1 Å². The van der Waals surface area contributed by atoms with Crippen molar-refractivity contribution < 1.29 is 4.79 Å². The third-order valence-corrected chi connectivity index (χ3v) is 2.61. The van der Waals surface area contributed by atoms with Crippen LogP contribution in [0.15, 0.2) is 0 Å². The van der Waals surface area contributed by atoms with E-state index >= 15 is 0 Å². The second-order valence-electron chi connectivity index (χ2n) is 3.98. The Bertz CT molecular complexity index is 168. The van der Waals surface area contributed by atoms with E-state index in [4.69, 9.17) is 5.73 Å². The summed E-state index contributed by atoms with van der Waals surface area (Å²) in [7, 11) is 0. The van der Waals surface area contributed by atoms with Gasteiger partial charge in [0.25, 0.3) is 0 Å². The van der Waals surface area contributed by atoms with E-state index in [9.17, 15) is 4.79 Å². The Morgan fingerprint density at radius 1 is 1.58 bits per heavy atom. The molecule has 1 saturated carbocycles.